The van der Waals surface area contributed by atoms with Crippen molar-refractivity contribution in [2.45, 2.75) is 20.0 Å². The molecular weight excluding hydrogens is 343 g/mol. The number of carbonyl (C=O) groups is 1. The van der Waals surface area contributed by atoms with Crippen molar-refractivity contribution in [3.63, 3.8) is 0 Å². The van der Waals surface area contributed by atoms with Gasteiger partial charge in [0.05, 0.1) is 23.4 Å². The lowest BCUT2D eigenvalue weighted by Gasteiger charge is -2.03. The number of aryl methyl sites for hydroxylation is 1. The Morgan fingerprint density at radius 3 is 2.81 bits per heavy atom. The molecule has 0 unspecified atom stereocenters. The first-order chi connectivity index (χ1) is 12.4. The summed E-state index contributed by atoms with van der Waals surface area (Å²) in [5.74, 6) is -0.727. The van der Waals surface area contributed by atoms with E-state index >= 15 is 0 Å². The maximum Gasteiger partial charge on any atom is 0.390 e. The minimum atomic E-state index is -0.616. The molecule has 0 saturated heterocycles. The molecule has 2 aromatic heterocycles. The minimum absolute atomic E-state index is 0.170. The number of rotatable bonds is 6. The number of nitrogens with zero attached hydrogens (tertiary/aromatic N) is 5. The van der Waals surface area contributed by atoms with E-state index < -0.39 is 10.8 Å². The zero-order valence-corrected chi connectivity index (χ0v) is 13.8. The maximum atomic E-state index is 13.2. The fourth-order valence-electron chi connectivity index (χ4n) is 2.40. The van der Waals surface area contributed by atoms with E-state index in [1.807, 2.05) is 0 Å². The molecule has 1 amide bonds. The lowest BCUT2D eigenvalue weighted by atomic mass is 10.2. The van der Waals surface area contributed by atoms with Crippen molar-refractivity contribution in [3.05, 3.63) is 69.8 Å². The molecule has 9 nitrogen and oxygen atoms in total. The van der Waals surface area contributed by atoms with Crippen LogP contribution in [-0.4, -0.2) is 30.4 Å². The summed E-state index contributed by atoms with van der Waals surface area (Å²) < 4.78 is 16.0. The number of anilines is 1. The third-order valence-electron chi connectivity index (χ3n) is 3.59. The molecule has 0 aliphatic carbocycles. The van der Waals surface area contributed by atoms with Gasteiger partial charge in [-0.3, -0.25) is 9.48 Å². The lowest BCUT2D eigenvalue weighted by molar-refractivity contribution is -0.389. The van der Waals surface area contributed by atoms with Gasteiger partial charge < -0.3 is 15.4 Å². The molecule has 1 aromatic carbocycles. The van der Waals surface area contributed by atoms with E-state index in [9.17, 15) is 19.3 Å². The Kier molecular flexibility index (Phi) is 4.74. The second-order valence-electron chi connectivity index (χ2n) is 5.64. The van der Waals surface area contributed by atoms with Gasteiger partial charge in [0.25, 0.3) is 0 Å². The van der Waals surface area contributed by atoms with Crippen molar-refractivity contribution >= 4 is 17.5 Å². The highest BCUT2D eigenvalue weighted by atomic mass is 19.1. The Balaban J connectivity index is 1.62. The van der Waals surface area contributed by atoms with Gasteiger partial charge in [0.15, 0.2) is 5.82 Å². The molecule has 3 rings (SSSR count). The van der Waals surface area contributed by atoms with Crippen molar-refractivity contribution in [2.75, 3.05) is 5.32 Å². The molecule has 0 saturated carbocycles. The summed E-state index contributed by atoms with van der Waals surface area (Å²) in [6.45, 7) is 1.81. The number of nitrogens with one attached hydrogen (secondary N) is 1. The number of aromatic nitrogens is 4. The monoisotopic (exact) mass is 358 g/mol. The van der Waals surface area contributed by atoms with Gasteiger partial charge in [-0.05, 0) is 29.5 Å². The second-order valence-corrected chi connectivity index (χ2v) is 5.64. The summed E-state index contributed by atoms with van der Waals surface area (Å²) in [6.07, 6.45) is 1.66. The highest BCUT2D eigenvalue weighted by molar-refractivity contribution is 5.89. The van der Waals surface area contributed by atoms with Crippen molar-refractivity contribution in [1.82, 2.24) is 19.6 Å². The first-order valence-corrected chi connectivity index (χ1v) is 7.67. The van der Waals surface area contributed by atoms with Crippen LogP contribution < -0.4 is 5.32 Å². The topological polar surface area (TPSA) is 108 Å². The molecule has 1 N–H and O–H groups in total. The second kappa shape index (κ2) is 7.13. The van der Waals surface area contributed by atoms with Gasteiger partial charge in [0.1, 0.15) is 12.4 Å². The maximum absolute atomic E-state index is 13.2. The summed E-state index contributed by atoms with van der Waals surface area (Å²) >= 11 is 0. The van der Waals surface area contributed by atoms with E-state index in [0.717, 1.165) is 5.56 Å². The zero-order valence-electron chi connectivity index (χ0n) is 13.8. The molecule has 0 aliphatic rings. The number of benzene rings is 1. The standard InChI is InChI=1S/C16H15FN6O3/c1-11-7-15(23(25)26)20-22(11)10-16(24)18-14-5-6-21(19-14)9-12-3-2-4-13(17)8-12/h2-8H,9-10H2,1H3,(H,18,19,24). The first kappa shape index (κ1) is 17.3. The number of carbonyl (C=O) groups excluding carboxylic acids is 1. The zero-order chi connectivity index (χ0) is 18.7. The molecule has 0 spiro atoms. The van der Waals surface area contributed by atoms with E-state index in [4.69, 9.17) is 0 Å². The summed E-state index contributed by atoms with van der Waals surface area (Å²) in [5.41, 5.74) is 1.24. The predicted molar refractivity (Wildman–Crippen MR) is 90.0 cm³/mol. The lowest BCUT2D eigenvalue weighted by Crippen LogP contribution is -2.20. The van der Waals surface area contributed by atoms with E-state index in [-0.39, 0.29) is 18.2 Å². The fourth-order valence-corrected chi connectivity index (χ4v) is 2.40. The van der Waals surface area contributed by atoms with Crippen molar-refractivity contribution in [3.8, 4) is 0 Å². The Labute approximate surface area is 147 Å². The van der Waals surface area contributed by atoms with Gasteiger partial charge in [-0.25, -0.2) is 4.39 Å². The molecule has 0 fully saturated rings. The largest absolute Gasteiger partial charge is 0.390 e. The molecule has 0 atom stereocenters. The summed E-state index contributed by atoms with van der Waals surface area (Å²) in [5, 5.41) is 21.3. The SMILES string of the molecule is Cc1cc([N+](=O)[O-])nn1CC(=O)Nc1ccn(Cc2cccc(F)c2)n1. The summed E-state index contributed by atoms with van der Waals surface area (Å²) in [6, 6.07) is 9.06. The van der Waals surface area contributed by atoms with Crippen LogP contribution >= 0.6 is 0 Å². The smallest absolute Gasteiger partial charge is 0.358 e. The van der Waals surface area contributed by atoms with Crippen molar-refractivity contribution < 1.29 is 14.1 Å². The third kappa shape index (κ3) is 4.09. The molecular formula is C16H15FN6O3. The summed E-state index contributed by atoms with van der Waals surface area (Å²) in [7, 11) is 0. The Hall–Kier alpha value is -3.56. The number of nitro groups is 1. The van der Waals surface area contributed by atoms with Crippen molar-refractivity contribution in [1.29, 1.82) is 0 Å². The van der Waals surface area contributed by atoms with E-state index in [0.29, 0.717) is 18.1 Å². The average Bonchev–Trinajstić information content (AvgIpc) is 3.14. The predicted octanol–water partition coefficient (Wildman–Crippen LogP) is 2.12. The van der Waals surface area contributed by atoms with Gasteiger partial charge in [-0.2, -0.15) is 9.78 Å². The molecule has 26 heavy (non-hydrogen) atoms. The van der Waals surface area contributed by atoms with Crippen LogP contribution in [0.2, 0.25) is 0 Å². The van der Waals surface area contributed by atoms with E-state index in [1.54, 1.807) is 36.0 Å². The van der Waals surface area contributed by atoms with Gasteiger partial charge >= 0.3 is 5.82 Å². The van der Waals surface area contributed by atoms with E-state index in [2.05, 4.69) is 15.5 Å². The Bertz CT molecular complexity index is 965. The van der Waals surface area contributed by atoms with Gasteiger partial charge in [0.2, 0.25) is 5.91 Å². The van der Waals surface area contributed by atoms with Gasteiger partial charge in [-0.1, -0.05) is 12.1 Å². The molecule has 0 aliphatic heterocycles. The van der Waals surface area contributed by atoms with Gasteiger partial charge in [-0.15, -0.1) is 0 Å². The highest BCUT2D eigenvalue weighted by Gasteiger charge is 2.17. The first-order valence-electron chi connectivity index (χ1n) is 7.67. The number of hydrogen-bond donors (Lipinski definition) is 1. The number of amides is 1. The van der Waals surface area contributed by atoms with Gasteiger partial charge in [0, 0.05) is 12.3 Å². The average molecular weight is 358 g/mol. The van der Waals surface area contributed by atoms with Crippen LogP contribution in [0.4, 0.5) is 16.0 Å². The van der Waals surface area contributed by atoms with Crippen LogP contribution in [0.25, 0.3) is 0 Å². The van der Waals surface area contributed by atoms with Crippen LogP contribution in [0.15, 0.2) is 42.6 Å². The van der Waals surface area contributed by atoms with Crippen LogP contribution in [0.5, 0.6) is 0 Å². The van der Waals surface area contributed by atoms with Crippen LogP contribution in [0.1, 0.15) is 11.3 Å². The molecule has 0 radical (unpaired) electrons. The fraction of sp³-hybridized carbons (Fsp3) is 0.188. The van der Waals surface area contributed by atoms with Crippen LogP contribution in [-0.2, 0) is 17.9 Å². The minimum Gasteiger partial charge on any atom is -0.358 e. The Morgan fingerprint density at radius 2 is 2.12 bits per heavy atom. The van der Waals surface area contributed by atoms with E-state index in [1.165, 1.54) is 22.9 Å². The molecule has 2 heterocycles. The van der Waals surface area contributed by atoms with Crippen LogP contribution in [0, 0.1) is 22.9 Å². The van der Waals surface area contributed by atoms with Crippen LogP contribution in [0.3, 0.4) is 0 Å². The molecule has 0 bridgehead atoms. The van der Waals surface area contributed by atoms with Crippen molar-refractivity contribution in [2.24, 2.45) is 0 Å². The normalized spacial score (nSPS) is 10.7. The number of halogens is 1. The highest BCUT2D eigenvalue weighted by Crippen LogP contribution is 2.12. The molecule has 134 valence electrons. The summed E-state index contributed by atoms with van der Waals surface area (Å²) in [4.78, 5) is 22.2. The molecule has 10 heteroatoms. The third-order valence-corrected chi connectivity index (χ3v) is 3.59. The number of hydrogen-bond acceptors (Lipinski definition) is 5. The molecule has 3 aromatic rings. The Morgan fingerprint density at radius 1 is 1.31 bits per heavy atom. The quantitative estimate of drug-likeness (QED) is 0.536.